The highest BCUT2D eigenvalue weighted by atomic mass is 35.5. The summed E-state index contributed by atoms with van der Waals surface area (Å²) in [5, 5.41) is 5.46. The van der Waals surface area contributed by atoms with Gasteiger partial charge in [-0.2, -0.15) is 0 Å². The number of benzene rings is 1. The Kier molecular flexibility index (Phi) is 3.75. The number of primary sulfonamides is 1. The molecule has 2 rings (SSSR count). The summed E-state index contributed by atoms with van der Waals surface area (Å²) in [7, 11) is -3.91. The normalized spacial score (nSPS) is 11.3. The molecule has 0 unspecified atom stereocenters. The van der Waals surface area contributed by atoms with E-state index in [9.17, 15) is 8.42 Å². The van der Waals surface area contributed by atoms with E-state index in [0.29, 0.717) is 10.8 Å². The van der Waals surface area contributed by atoms with Gasteiger partial charge in [0.25, 0.3) is 0 Å². The maximum atomic E-state index is 11.4. The molecule has 100 valence electrons. The van der Waals surface area contributed by atoms with E-state index >= 15 is 0 Å². The lowest BCUT2D eigenvalue weighted by molar-refractivity contribution is 0.447. The monoisotopic (exact) mass is 298 g/mol. The molecule has 1 heterocycles. The fourth-order valence-electron chi connectivity index (χ4n) is 1.46. The molecule has 0 spiro atoms. The summed E-state index contributed by atoms with van der Waals surface area (Å²) in [4.78, 5) is 3.68. The molecule has 0 saturated heterocycles. The predicted octanol–water partition coefficient (Wildman–Crippen LogP) is 2.48. The first-order valence-electron chi connectivity index (χ1n) is 5.30. The Morgan fingerprint density at radius 1 is 1.32 bits per heavy atom. The number of halogens is 1. The number of nitrogens with two attached hydrogens (primary N) is 1. The van der Waals surface area contributed by atoms with Crippen LogP contribution in [0.5, 0.6) is 11.6 Å². The van der Waals surface area contributed by atoms with Crippen molar-refractivity contribution in [3.05, 3.63) is 47.1 Å². The van der Waals surface area contributed by atoms with E-state index in [1.54, 1.807) is 18.2 Å². The van der Waals surface area contributed by atoms with Gasteiger partial charge in [0.05, 0.1) is 5.02 Å². The number of aryl methyl sites for hydroxylation is 1. The van der Waals surface area contributed by atoms with Crippen molar-refractivity contribution in [2.24, 2.45) is 5.14 Å². The molecule has 19 heavy (non-hydrogen) atoms. The van der Waals surface area contributed by atoms with E-state index in [0.717, 1.165) is 5.56 Å². The Hall–Kier alpha value is -1.63. The van der Waals surface area contributed by atoms with Crippen molar-refractivity contribution < 1.29 is 13.2 Å². The van der Waals surface area contributed by atoms with Gasteiger partial charge < -0.3 is 4.74 Å². The van der Waals surface area contributed by atoms with Crippen LogP contribution >= 0.6 is 11.6 Å². The molecule has 0 aliphatic heterocycles. The van der Waals surface area contributed by atoms with Crippen molar-refractivity contribution in [3.8, 4) is 11.6 Å². The van der Waals surface area contributed by atoms with Crippen LogP contribution in [0.4, 0.5) is 0 Å². The molecule has 0 aliphatic rings. The van der Waals surface area contributed by atoms with Crippen molar-refractivity contribution in [2.75, 3.05) is 0 Å². The number of ether oxygens (including phenoxy) is 1. The van der Waals surface area contributed by atoms with E-state index < -0.39 is 10.0 Å². The van der Waals surface area contributed by atoms with Crippen LogP contribution in [0.15, 0.2) is 41.4 Å². The summed E-state index contributed by atoms with van der Waals surface area (Å²) in [6.07, 6.45) is 1.41. The second kappa shape index (κ2) is 5.16. The first kappa shape index (κ1) is 13.8. The number of rotatable bonds is 3. The van der Waals surface area contributed by atoms with Crippen LogP contribution in [-0.2, 0) is 10.0 Å². The molecular formula is C12H11ClN2O3S. The average molecular weight is 299 g/mol. The summed E-state index contributed by atoms with van der Waals surface area (Å²) in [5.41, 5.74) is 0.963. The Morgan fingerprint density at radius 3 is 2.68 bits per heavy atom. The van der Waals surface area contributed by atoms with Crippen LogP contribution in [0.2, 0.25) is 5.02 Å². The molecule has 0 aliphatic carbocycles. The Morgan fingerprint density at radius 2 is 2.05 bits per heavy atom. The van der Waals surface area contributed by atoms with E-state index in [4.69, 9.17) is 21.5 Å². The number of pyridine rings is 1. The van der Waals surface area contributed by atoms with Gasteiger partial charge in [0.15, 0.2) is 0 Å². The first-order chi connectivity index (χ1) is 8.88. The highest BCUT2D eigenvalue weighted by Crippen LogP contribution is 2.31. The number of aromatic nitrogens is 1. The molecule has 2 aromatic rings. The van der Waals surface area contributed by atoms with Crippen molar-refractivity contribution >= 4 is 21.6 Å². The number of sulfonamides is 1. The summed E-state index contributed by atoms with van der Waals surface area (Å²) in [5.74, 6) is 0.214. The van der Waals surface area contributed by atoms with Gasteiger partial charge in [-0.05, 0) is 36.8 Å². The number of hydrogen-bond donors (Lipinski definition) is 1. The lowest BCUT2D eigenvalue weighted by atomic mass is 10.2. The van der Waals surface area contributed by atoms with Crippen molar-refractivity contribution in [1.82, 2.24) is 4.98 Å². The highest BCUT2D eigenvalue weighted by molar-refractivity contribution is 7.89. The van der Waals surface area contributed by atoms with Gasteiger partial charge in [-0.1, -0.05) is 17.7 Å². The summed E-state index contributed by atoms with van der Waals surface area (Å²) < 4.78 is 28.2. The third-order valence-electron chi connectivity index (χ3n) is 2.34. The molecule has 1 aromatic carbocycles. The van der Waals surface area contributed by atoms with E-state index in [1.807, 2.05) is 6.92 Å². The molecule has 0 atom stereocenters. The van der Waals surface area contributed by atoms with Crippen molar-refractivity contribution in [2.45, 2.75) is 11.8 Å². The quantitative estimate of drug-likeness (QED) is 0.943. The minimum atomic E-state index is -3.91. The third-order valence-corrected chi connectivity index (χ3v) is 3.56. The van der Waals surface area contributed by atoms with E-state index in [-0.39, 0.29) is 10.8 Å². The zero-order valence-electron chi connectivity index (χ0n) is 10.00. The topological polar surface area (TPSA) is 82.3 Å². The molecule has 0 fully saturated rings. The second-order valence-electron chi connectivity index (χ2n) is 3.89. The standard InChI is InChI=1S/C12H11ClN2O3S/c1-8-4-5-10(9(13)7-8)18-12-11(19(14,16)17)3-2-6-15-12/h2-7H,1H3,(H2,14,16,17). The smallest absolute Gasteiger partial charge is 0.243 e. The molecule has 1 aromatic heterocycles. The Balaban J connectivity index is 2.44. The number of hydrogen-bond acceptors (Lipinski definition) is 4. The lowest BCUT2D eigenvalue weighted by Crippen LogP contribution is -2.13. The van der Waals surface area contributed by atoms with Gasteiger partial charge in [0, 0.05) is 6.20 Å². The summed E-state index contributed by atoms with van der Waals surface area (Å²) in [6, 6.07) is 7.92. The average Bonchev–Trinajstić information content (AvgIpc) is 2.32. The Bertz CT molecular complexity index is 717. The predicted molar refractivity (Wildman–Crippen MR) is 71.9 cm³/mol. The minimum absolute atomic E-state index is 0.101. The highest BCUT2D eigenvalue weighted by Gasteiger charge is 2.17. The summed E-state index contributed by atoms with van der Waals surface area (Å²) in [6.45, 7) is 1.88. The van der Waals surface area contributed by atoms with Crippen LogP contribution in [0.3, 0.4) is 0 Å². The molecule has 0 amide bonds. The van der Waals surface area contributed by atoms with Crippen LogP contribution in [0.1, 0.15) is 5.56 Å². The minimum Gasteiger partial charge on any atom is -0.436 e. The third kappa shape index (κ3) is 3.23. The summed E-state index contributed by atoms with van der Waals surface area (Å²) >= 11 is 6.01. The van der Waals surface area contributed by atoms with E-state index in [1.165, 1.54) is 18.3 Å². The lowest BCUT2D eigenvalue weighted by Gasteiger charge is -2.09. The fraction of sp³-hybridized carbons (Fsp3) is 0.0833. The second-order valence-corrected chi connectivity index (χ2v) is 5.82. The van der Waals surface area contributed by atoms with E-state index in [2.05, 4.69) is 4.98 Å². The van der Waals surface area contributed by atoms with Gasteiger partial charge in [0.2, 0.25) is 15.9 Å². The van der Waals surface area contributed by atoms with Gasteiger partial charge in [-0.25, -0.2) is 18.5 Å². The molecule has 0 saturated carbocycles. The molecule has 5 nitrogen and oxygen atoms in total. The molecule has 2 N–H and O–H groups in total. The van der Waals surface area contributed by atoms with Crippen molar-refractivity contribution in [3.63, 3.8) is 0 Å². The van der Waals surface area contributed by atoms with Crippen LogP contribution in [0, 0.1) is 6.92 Å². The maximum Gasteiger partial charge on any atom is 0.243 e. The molecule has 0 radical (unpaired) electrons. The van der Waals surface area contributed by atoms with Gasteiger partial charge in [-0.15, -0.1) is 0 Å². The SMILES string of the molecule is Cc1ccc(Oc2ncccc2S(N)(=O)=O)c(Cl)c1. The molecular weight excluding hydrogens is 288 g/mol. The largest absolute Gasteiger partial charge is 0.436 e. The van der Waals surface area contributed by atoms with Crippen LogP contribution in [-0.4, -0.2) is 13.4 Å². The van der Waals surface area contributed by atoms with Gasteiger partial charge in [-0.3, -0.25) is 0 Å². The fourth-order valence-corrected chi connectivity index (χ4v) is 2.34. The van der Waals surface area contributed by atoms with Crippen LogP contribution in [0.25, 0.3) is 0 Å². The maximum absolute atomic E-state index is 11.4. The number of nitrogens with zero attached hydrogens (tertiary/aromatic N) is 1. The van der Waals surface area contributed by atoms with Crippen molar-refractivity contribution in [1.29, 1.82) is 0 Å². The zero-order chi connectivity index (χ0) is 14.0. The Labute approximate surface area is 116 Å². The zero-order valence-corrected chi connectivity index (χ0v) is 11.6. The molecule has 0 bridgehead atoms. The van der Waals surface area contributed by atoms with Gasteiger partial charge >= 0.3 is 0 Å². The first-order valence-corrected chi connectivity index (χ1v) is 7.22. The van der Waals surface area contributed by atoms with Gasteiger partial charge in [0.1, 0.15) is 10.6 Å². The van der Waals surface area contributed by atoms with Crippen LogP contribution < -0.4 is 9.88 Å². The molecule has 7 heteroatoms.